The molecule has 2 amide bonds. The normalized spacial score (nSPS) is 14.6. The monoisotopic (exact) mass is 362 g/mol. The smallest absolute Gasteiger partial charge is 0.257 e. The number of hydrogen-bond acceptors (Lipinski definition) is 3. The first-order valence-corrected chi connectivity index (χ1v) is 9.34. The number of para-hydroxylation sites is 2. The van der Waals surface area contributed by atoms with Crippen LogP contribution in [0.15, 0.2) is 48.5 Å². The lowest BCUT2D eigenvalue weighted by molar-refractivity contribution is -0.119. The Bertz CT molecular complexity index is 991. The average molecular weight is 362 g/mol. The molecule has 6 heteroatoms. The number of carbonyl (C=O) groups is 2. The van der Waals surface area contributed by atoms with Crippen LogP contribution in [0.1, 0.15) is 36.5 Å². The van der Waals surface area contributed by atoms with Gasteiger partial charge in [-0.1, -0.05) is 12.1 Å². The summed E-state index contributed by atoms with van der Waals surface area (Å²) in [7, 11) is 0. The zero-order valence-corrected chi connectivity index (χ0v) is 15.3. The molecule has 0 bridgehead atoms. The van der Waals surface area contributed by atoms with Gasteiger partial charge in [-0.3, -0.25) is 14.9 Å². The van der Waals surface area contributed by atoms with Gasteiger partial charge in [0.05, 0.1) is 11.0 Å². The van der Waals surface area contributed by atoms with Gasteiger partial charge in [-0.2, -0.15) is 0 Å². The number of piperidine rings is 1. The highest BCUT2D eigenvalue weighted by Crippen LogP contribution is 2.23. The molecule has 0 atom stereocenters. The number of hydrogen-bond donors (Lipinski definition) is 1. The van der Waals surface area contributed by atoms with Crippen LogP contribution in [0.2, 0.25) is 0 Å². The molecule has 2 heterocycles. The lowest BCUT2D eigenvalue weighted by Crippen LogP contribution is -2.35. The third-order valence-corrected chi connectivity index (χ3v) is 4.96. The molecule has 3 aromatic rings. The molecule has 0 saturated carbocycles. The molecular formula is C21H22N4O2. The Balaban J connectivity index is 1.54. The lowest BCUT2D eigenvalue weighted by atomic mass is 10.1. The van der Waals surface area contributed by atoms with Crippen LogP contribution < -0.4 is 10.2 Å². The third kappa shape index (κ3) is 3.30. The van der Waals surface area contributed by atoms with E-state index in [0.717, 1.165) is 36.1 Å². The van der Waals surface area contributed by atoms with Crippen LogP contribution in [-0.2, 0) is 11.3 Å². The molecule has 6 nitrogen and oxygen atoms in total. The number of nitrogens with zero attached hydrogens (tertiary/aromatic N) is 3. The predicted molar refractivity (Wildman–Crippen MR) is 106 cm³/mol. The van der Waals surface area contributed by atoms with E-state index < -0.39 is 0 Å². The molecule has 0 unspecified atom stereocenters. The summed E-state index contributed by atoms with van der Waals surface area (Å²) in [6.45, 7) is 3.48. The largest absolute Gasteiger partial charge is 0.312 e. The second-order valence-electron chi connectivity index (χ2n) is 6.67. The van der Waals surface area contributed by atoms with Gasteiger partial charge in [-0.05, 0) is 56.2 Å². The zero-order valence-electron chi connectivity index (χ0n) is 15.3. The molecule has 138 valence electrons. The number of anilines is 2. The average Bonchev–Trinajstić information content (AvgIpc) is 3.05. The van der Waals surface area contributed by atoms with Gasteiger partial charge in [0.15, 0.2) is 0 Å². The molecule has 4 rings (SSSR count). The van der Waals surface area contributed by atoms with Crippen molar-refractivity contribution in [2.24, 2.45) is 0 Å². The van der Waals surface area contributed by atoms with Crippen molar-refractivity contribution in [3.8, 4) is 0 Å². The van der Waals surface area contributed by atoms with Crippen molar-refractivity contribution in [1.29, 1.82) is 0 Å². The van der Waals surface area contributed by atoms with Crippen molar-refractivity contribution in [2.45, 2.75) is 32.7 Å². The summed E-state index contributed by atoms with van der Waals surface area (Å²) in [5.74, 6) is 0.477. The van der Waals surface area contributed by atoms with Crippen molar-refractivity contribution in [2.75, 3.05) is 16.8 Å². The fourth-order valence-corrected chi connectivity index (χ4v) is 3.54. The topological polar surface area (TPSA) is 67.2 Å². The number of benzene rings is 2. The fourth-order valence-electron chi connectivity index (χ4n) is 3.54. The molecule has 1 aromatic heterocycles. The van der Waals surface area contributed by atoms with Crippen LogP contribution in [0.3, 0.4) is 0 Å². The van der Waals surface area contributed by atoms with E-state index in [1.54, 1.807) is 17.0 Å². The van der Waals surface area contributed by atoms with Gasteiger partial charge in [-0.15, -0.1) is 0 Å². The second kappa shape index (κ2) is 7.23. The van der Waals surface area contributed by atoms with Crippen molar-refractivity contribution < 1.29 is 9.59 Å². The SMILES string of the molecule is CCn1c(NC(=O)c2ccc(N3CCCCC3=O)cc2)nc2ccccc21. The van der Waals surface area contributed by atoms with E-state index in [1.807, 2.05) is 47.9 Å². The molecule has 0 aliphatic carbocycles. The summed E-state index contributed by atoms with van der Waals surface area (Å²) in [4.78, 5) is 31.0. The molecule has 1 N–H and O–H groups in total. The van der Waals surface area contributed by atoms with Gasteiger partial charge in [0.25, 0.3) is 5.91 Å². The molecular weight excluding hydrogens is 340 g/mol. The van der Waals surface area contributed by atoms with E-state index in [-0.39, 0.29) is 11.8 Å². The quantitative estimate of drug-likeness (QED) is 0.767. The van der Waals surface area contributed by atoms with Crippen molar-refractivity contribution in [1.82, 2.24) is 9.55 Å². The van der Waals surface area contributed by atoms with Crippen molar-refractivity contribution >= 4 is 34.5 Å². The number of rotatable bonds is 4. The Morgan fingerprint density at radius 2 is 1.89 bits per heavy atom. The summed E-state index contributed by atoms with van der Waals surface area (Å²) < 4.78 is 1.98. The molecule has 0 radical (unpaired) electrons. The van der Waals surface area contributed by atoms with Crippen LogP contribution in [0.4, 0.5) is 11.6 Å². The predicted octanol–water partition coefficient (Wildman–Crippen LogP) is 3.83. The summed E-state index contributed by atoms with van der Waals surface area (Å²) in [5.41, 5.74) is 3.23. The zero-order chi connectivity index (χ0) is 18.8. The number of nitrogens with one attached hydrogen (secondary N) is 1. The van der Waals surface area contributed by atoms with E-state index in [2.05, 4.69) is 10.3 Å². The Labute approximate surface area is 157 Å². The highest BCUT2D eigenvalue weighted by atomic mass is 16.2. The van der Waals surface area contributed by atoms with Gasteiger partial charge in [0, 0.05) is 30.8 Å². The molecule has 1 fully saturated rings. The summed E-state index contributed by atoms with van der Waals surface area (Å²) in [6, 6.07) is 15.0. The van der Waals surface area contributed by atoms with E-state index >= 15 is 0 Å². The number of fused-ring (bicyclic) bond motifs is 1. The number of imidazole rings is 1. The van der Waals surface area contributed by atoms with Crippen LogP contribution in [-0.4, -0.2) is 27.9 Å². The van der Waals surface area contributed by atoms with E-state index in [0.29, 0.717) is 24.5 Å². The summed E-state index contributed by atoms with van der Waals surface area (Å²) >= 11 is 0. The first-order valence-electron chi connectivity index (χ1n) is 9.34. The third-order valence-electron chi connectivity index (χ3n) is 4.96. The number of aryl methyl sites for hydroxylation is 1. The van der Waals surface area contributed by atoms with Crippen LogP contribution >= 0.6 is 0 Å². The maximum atomic E-state index is 12.7. The maximum Gasteiger partial charge on any atom is 0.257 e. The van der Waals surface area contributed by atoms with Gasteiger partial charge >= 0.3 is 0 Å². The number of aromatic nitrogens is 2. The Kier molecular flexibility index (Phi) is 4.62. The van der Waals surface area contributed by atoms with Gasteiger partial charge in [0.1, 0.15) is 0 Å². The number of amides is 2. The Hall–Kier alpha value is -3.15. The van der Waals surface area contributed by atoms with Gasteiger partial charge < -0.3 is 9.47 Å². The van der Waals surface area contributed by atoms with E-state index in [9.17, 15) is 9.59 Å². The Morgan fingerprint density at radius 3 is 2.63 bits per heavy atom. The Morgan fingerprint density at radius 1 is 1.11 bits per heavy atom. The van der Waals surface area contributed by atoms with Crippen LogP contribution in [0, 0.1) is 0 Å². The van der Waals surface area contributed by atoms with Crippen LogP contribution in [0.25, 0.3) is 11.0 Å². The molecule has 1 saturated heterocycles. The van der Waals surface area contributed by atoms with Crippen LogP contribution in [0.5, 0.6) is 0 Å². The van der Waals surface area contributed by atoms with Crippen molar-refractivity contribution in [3.05, 3.63) is 54.1 Å². The standard InChI is InChI=1S/C21H22N4O2/c1-2-24-18-8-4-3-7-17(18)22-21(24)23-20(27)15-10-12-16(13-11-15)25-14-6-5-9-19(25)26/h3-4,7-8,10-13H,2,5-6,9,14H2,1H3,(H,22,23,27). The molecule has 27 heavy (non-hydrogen) atoms. The van der Waals surface area contributed by atoms with E-state index in [1.165, 1.54) is 0 Å². The first-order chi connectivity index (χ1) is 13.2. The first kappa shape index (κ1) is 17.3. The summed E-state index contributed by atoms with van der Waals surface area (Å²) in [5, 5.41) is 2.91. The van der Waals surface area contributed by atoms with Gasteiger partial charge in [0.2, 0.25) is 11.9 Å². The number of carbonyl (C=O) groups excluding carboxylic acids is 2. The minimum atomic E-state index is -0.212. The minimum absolute atomic E-state index is 0.148. The molecule has 0 spiro atoms. The molecule has 1 aliphatic heterocycles. The lowest BCUT2D eigenvalue weighted by Gasteiger charge is -2.26. The van der Waals surface area contributed by atoms with E-state index in [4.69, 9.17) is 0 Å². The minimum Gasteiger partial charge on any atom is -0.312 e. The van der Waals surface area contributed by atoms with Crippen molar-refractivity contribution in [3.63, 3.8) is 0 Å². The summed E-state index contributed by atoms with van der Waals surface area (Å²) in [6.07, 6.45) is 2.56. The second-order valence-corrected chi connectivity index (χ2v) is 6.67. The molecule has 2 aromatic carbocycles. The fraction of sp³-hybridized carbons (Fsp3) is 0.286. The highest BCUT2D eigenvalue weighted by Gasteiger charge is 2.20. The molecule has 1 aliphatic rings. The highest BCUT2D eigenvalue weighted by molar-refractivity contribution is 6.04. The van der Waals surface area contributed by atoms with Gasteiger partial charge in [-0.25, -0.2) is 4.98 Å². The maximum absolute atomic E-state index is 12.7.